The highest BCUT2D eigenvalue weighted by Gasteiger charge is 2.41. The number of nitrogen functional groups attached to an aromatic ring is 1. The molecule has 0 saturated carbocycles. The minimum Gasteiger partial charge on any atom is -0.469 e. The highest BCUT2D eigenvalue weighted by atomic mass is 32.2. The number of ether oxygens (including phenoxy) is 2. The van der Waals surface area contributed by atoms with Crippen molar-refractivity contribution in [3.8, 4) is 0 Å². The Morgan fingerprint density at radius 2 is 2.16 bits per heavy atom. The lowest BCUT2D eigenvalue weighted by molar-refractivity contribution is -0.141. The van der Waals surface area contributed by atoms with Crippen molar-refractivity contribution in [1.82, 2.24) is 14.5 Å². The number of methoxy groups -OCH3 is 1. The number of thiazole rings is 1. The fourth-order valence-corrected chi connectivity index (χ4v) is 5.01. The van der Waals surface area contributed by atoms with Gasteiger partial charge >= 0.3 is 10.8 Å². The molecule has 0 radical (unpaired) electrons. The molecule has 0 spiro atoms. The maximum Gasteiger partial charge on any atom is 0.311 e. The standard InChI is InChI=1S/C15H20N4O4S2/c1-6(2)13-23-12(8(24-13)5-9(20)22-4)19-11-10(25-15(19)21)7(3)17-14(16)18-11/h6,8,12-13H,5H2,1-4H3,(H2,16,17,18)/t8-,12+,13?/m0/s1. The maximum absolute atomic E-state index is 12.6. The number of esters is 1. The van der Waals surface area contributed by atoms with E-state index in [1.54, 1.807) is 18.7 Å². The molecule has 3 atom stereocenters. The molecular formula is C15H20N4O4S2. The van der Waals surface area contributed by atoms with Gasteiger partial charge in [-0.25, -0.2) is 4.98 Å². The van der Waals surface area contributed by atoms with Crippen molar-refractivity contribution in [3.63, 3.8) is 0 Å². The van der Waals surface area contributed by atoms with Crippen molar-refractivity contribution < 1.29 is 14.3 Å². The Bertz CT molecular complexity index is 863. The second kappa shape index (κ2) is 6.93. The molecule has 0 aromatic carbocycles. The molecule has 3 rings (SSSR count). The first-order chi connectivity index (χ1) is 11.8. The van der Waals surface area contributed by atoms with Gasteiger partial charge in [-0.15, -0.1) is 11.8 Å². The van der Waals surface area contributed by atoms with Gasteiger partial charge in [0.2, 0.25) is 5.95 Å². The number of aromatic nitrogens is 3. The molecule has 1 unspecified atom stereocenters. The topological polar surface area (TPSA) is 109 Å². The number of nitrogens with two attached hydrogens (primary N) is 1. The third kappa shape index (κ3) is 3.38. The van der Waals surface area contributed by atoms with Crippen LogP contribution in [0.3, 0.4) is 0 Å². The maximum atomic E-state index is 12.6. The average Bonchev–Trinajstić information content (AvgIpc) is 3.08. The number of fused-ring (bicyclic) bond motifs is 1. The van der Waals surface area contributed by atoms with E-state index < -0.39 is 6.23 Å². The van der Waals surface area contributed by atoms with Crippen molar-refractivity contribution in [3.05, 3.63) is 15.4 Å². The molecule has 25 heavy (non-hydrogen) atoms. The summed E-state index contributed by atoms with van der Waals surface area (Å²) in [6.45, 7) is 5.86. The molecular weight excluding hydrogens is 364 g/mol. The van der Waals surface area contributed by atoms with Crippen molar-refractivity contribution in [2.75, 3.05) is 12.8 Å². The second-order valence-corrected chi connectivity index (χ2v) is 8.46. The Morgan fingerprint density at radius 3 is 2.80 bits per heavy atom. The van der Waals surface area contributed by atoms with Crippen LogP contribution in [0, 0.1) is 12.8 Å². The summed E-state index contributed by atoms with van der Waals surface area (Å²) >= 11 is 2.60. The van der Waals surface area contributed by atoms with E-state index in [9.17, 15) is 9.59 Å². The Morgan fingerprint density at radius 1 is 1.44 bits per heavy atom. The number of anilines is 1. The highest BCUT2D eigenvalue weighted by molar-refractivity contribution is 8.00. The lowest BCUT2D eigenvalue weighted by Crippen LogP contribution is -2.28. The first-order valence-electron chi connectivity index (χ1n) is 7.84. The van der Waals surface area contributed by atoms with Gasteiger partial charge in [0, 0.05) is 0 Å². The predicted molar refractivity (Wildman–Crippen MR) is 97.6 cm³/mol. The molecule has 2 aromatic rings. The van der Waals surface area contributed by atoms with Crippen molar-refractivity contribution in [2.24, 2.45) is 5.92 Å². The second-order valence-electron chi connectivity index (χ2n) is 6.15. The smallest absolute Gasteiger partial charge is 0.311 e. The van der Waals surface area contributed by atoms with Gasteiger partial charge in [-0.3, -0.25) is 14.2 Å². The molecule has 0 bridgehead atoms. The molecule has 0 amide bonds. The van der Waals surface area contributed by atoms with E-state index in [1.807, 2.05) is 13.8 Å². The third-order valence-corrected chi connectivity index (χ3v) is 6.67. The lowest BCUT2D eigenvalue weighted by atomic mass is 10.2. The highest BCUT2D eigenvalue weighted by Crippen LogP contribution is 2.44. The zero-order valence-corrected chi connectivity index (χ0v) is 16.0. The van der Waals surface area contributed by atoms with E-state index >= 15 is 0 Å². The zero-order valence-electron chi connectivity index (χ0n) is 14.4. The van der Waals surface area contributed by atoms with Gasteiger partial charge in [-0.1, -0.05) is 25.2 Å². The Labute approximate surface area is 152 Å². The molecule has 2 aromatic heterocycles. The first-order valence-corrected chi connectivity index (χ1v) is 9.60. The van der Waals surface area contributed by atoms with Gasteiger partial charge in [0.1, 0.15) is 5.44 Å². The van der Waals surface area contributed by atoms with Crippen LogP contribution in [0.4, 0.5) is 5.95 Å². The van der Waals surface area contributed by atoms with Gasteiger partial charge in [0.05, 0.1) is 29.2 Å². The Kier molecular flexibility index (Phi) is 5.03. The summed E-state index contributed by atoms with van der Waals surface area (Å²) in [7, 11) is 1.35. The SMILES string of the molecule is COC(=O)C[C@@H]1SC(C(C)C)O[C@H]1n1c(=O)sc2c(C)nc(N)nc21. The first kappa shape index (κ1) is 18.2. The van der Waals surface area contributed by atoms with Gasteiger partial charge in [0.15, 0.2) is 11.9 Å². The van der Waals surface area contributed by atoms with Crippen LogP contribution >= 0.6 is 23.1 Å². The molecule has 136 valence electrons. The van der Waals surface area contributed by atoms with Gasteiger partial charge in [-0.2, -0.15) is 4.98 Å². The van der Waals surface area contributed by atoms with Gasteiger partial charge in [-0.05, 0) is 12.8 Å². The van der Waals surface area contributed by atoms with E-state index in [2.05, 4.69) is 9.97 Å². The molecule has 1 aliphatic heterocycles. The monoisotopic (exact) mass is 384 g/mol. The molecule has 1 aliphatic rings. The number of hydrogen-bond acceptors (Lipinski definition) is 9. The summed E-state index contributed by atoms with van der Waals surface area (Å²) in [6, 6.07) is 0. The molecule has 3 heterocycles. The van der Waals surface area contributed by atoms with Crippen LogP contribution in [-0.2, 0) is 14.3 Å². The number of nitrogens with zero attached hydrogens (tertiary/aromatic N) is 3. The van der Waals surface area contributed by atoms with Crippen LogP contribution in [0.15, 0.2) is 4.79 Å². The summed E-state index contributed by atoms with van der Waals surface area (Å²) in [5.74, 6) is -0.00211. The molecule has 1 saturated heterocycles. The van der Waals surface area contributed by atoms with Crippen molar-refractivity contribution in [2.45, 2.75) is 44.1 Å². The fourth-order valence-electron chi connectivity index (χ4n) is 2.73. The number of rotatable bonds is 4. The lowest BCUT2D eigenvalue weighted by Gasteiger charge is -2.18. The van der Waals surface area contributed by atoms with Crippen LogP contribution in [0.1, 0.15) is 32.2 Å². The van der Waals surface area contributed by atoms with E-state index in [0.29, 0.717) is 16.0 Å². The Balaban J connectivity index is 2.08. The van der Waals surface area contributed by atoms with Crippen LogP contribution in [0.2, 0.25) is 0 Å². The summed E-state index contributed by atoms with van der Waals surface area (Å²) in [6.07, 6.45) is -0.454. The quantitative estimate of drug-likeness (QED) is 0.796. The molecule has 0 aliphatic carbocycles. The van der Waals surface area contributed by atoms with E-state index in [0.717, 1.165) is 11.3 Å². The van der Waals surface area contributed by atoms with Crippen LogP contribution < -0.4 is 10.6 Å². The van der Waals surface area contributed by atoms with E-state index in [-0.39, 0.29) is 39.8 Å². The van der Waals surface area contributed by atoms with Crippen molar-refractivity contribution in [1.29, 1.82) is 0 Å². The molecule has 8 nitrogen and oxygen atoms in total. The normalized spacial score (nSPS) is 23.5. The van der Waals surface area contributed by atoms with Crippen LogP contribution in [0.25, 0.3) is 10.3 Å². The van der Waals surface area contributed by atoms with Gasteiger partial charge < -0.3 is 15.2 Å². The van der Waals surface area contributed by atoms with Gasteiger partial charge in [0.25, 0.3) is 0 Å². The van der Waals surface area contributed by atoms with Crippen LogP contribution in [0.5, 0.6) is 0 Å². The number of hydrogen-bond donors (Lipinski definition) is 1. The molecule has 1 fully saturated rings. The fraction of sp³-hybridized carbons (Fsp3) is 0.600. The number of carbonyl (C=O) groups is 1. The average molecular weight is 384 g/mol. The number of thioether (sulfide) groups is 1. The summed E-state index contributed by atoms with van der Waals surface area (Å²) in [5.41, 5.74) is 6.74. The largest absolute Gasteiger partial charge is 0.469 e. The zero-order chi connectivity index (χ0) is 18.3. The number of carbonyl (C=O) groups excluding carboxylic acids is 1. The summed E-state index contributed by atoms with van der Waals surface area (Å²) < 4.78 is 13.1. The third-order valence-electron chi connectivity index (χ3n) is 3.94. The Hall–Kier alpha value is -1.65. The molecule has 2 N–H and O–H groups in total. The summed E-state index contributed by atoms with van der Waals surface area (Å²) in [4.78, 5) is 32.6. The number of aryl methyl sites for hydroxylation is 1. The minimum absolute atomic E-state index is 0.104. The van der Waals surface area contributed by atoms with E-state index in [1.165, 1.54) is 11.7 Å². The molecule has 10 heteroatoms. The minimum atomic E-state index is -0.605. The van der Waals surface area contributed by atoms with Crippen molar-refractivity contribution >= 4 is 45.4 Å². The van der Waals surface area contributed by atoms with E-state index in [4.69, 9.17) is 15.2 Å². The van der Waals surface area contributed by atoms with Crippen LogP contribution in [-0.4, -0.2) is 38.3 Å². The summed E-state index contributed by atoms with van der Waals surface area (Å²) in [5, 5.41) is -0.244. The predicted octanol–water partition coefficient (Wildman–Crippen LogP) is 1.92.